The minimum atomic E-state index is -0.248. The third-order valence-corrected chi connectivity index (χ3v) is 13.7. The van der Waals surface area contributed by atoms with Gasteiger partial charge in [0.05, 0.1) is 50.6 Å². The Balaban J connectivity index is 0.000000174. The fourth-order valence-electron chi connectivity index (χ4n) is 9.90. The first-order chi connectivity index (χ1) is 34.0. The van der Waals surface area contributed by atoms with E-state index in [1.54, 1.807) is 52.3 Å². The second-order valence-electron chi connectivity index (χ2n) is 18.4. The van der Waals surface area contributed by atoms with Crippen molar-refractivity contribution in [1.82, 2.24) is 40.4 Å². The van der Waals surface area contributed by atoms with Gasteiger partial charge in [-0.3, -0.25) is 19.4 Å². The van der Waals surface area contributed by atoms with Gasteiger partial charge in [-0.05, 0) is 125 Å². The summed E-state index contributed by atoms with van der Waals surface area (Å²) in [5, 5.41) is 13.9. The Labute approximate surface area is 405 Å². The number of aryl methyl sites for hydroxylation is 2. The van der Waals surface area contributed by atoms with Crippen molar-refractivity contribution in [3.63, 3.8) is 0 Å². The van der Waals surface area contributed by atoms with Crippen molar-refractivity contribution in [3.05, 3.63) is 96.1 Å². The summed E-state index contributed by atoms with van der Waals surface area (Å²) in [6.07, 6.45) is 10.7. The van der Waals surface area contributed by atoms with Gasteiger partial charge in [0.15, 0.2) is 23.0 Å². The summed E-state index contributed by atoms with van der Waals surface area (Å²) in [5.41, 5.74) is 4.04. The summed E-state index contributed by atoms with van der Waals surface area (Å²) in [5.74, 6) is 3.48. The van der Waals surface area contributed by atoms with Crippen LogP contribution in [-0.2, 0) is 9.59 Å². The van der Waals surface area contributed by atoms with Gasteiger partial charge in [0, 0.05) is 72.5 Å². The molecule has 368 valence electrons. The molecule has 16 nitrogen and oxygen atoms in total. The largest absolute Gasteiger partial charge is 0.493 e. The van der Waals surface area contributed by atoms with Crippen LogP contribution in [0.2, 0.25) is 0 Å². The van der Waals surface area contributed by atoms with Crippen molar-refractivity contribution < 1.29 is 37.3 Å². The van der Waals surface area contributed by atoms with Crippen LogP contribution in [0.1, 0.15) is 62.5 Å². The number of anilines is 4. The molecule has 0 radical (unpaired) electrons. The summed E-state index contributed by atoms with van der Waals surface area (Å²) >= 11 is 0. The number of aromatic nitrogens is 4. The van der Waals surface area contributed by atoms with E-state index in [9.17, 15) is 18.4 Å². The molecular weight excluding hydrogens is 899 g/mol. The molecule has 4 heterocycles. The average Bonchev–Trinajstić information content (AvgIpc) is 3.37. The van der Waals surface area contributed by atoms with Crippen LogP contribution in [0.3, 0.4) is 0 Å². The molecule has 0 spiro atoms. The number of carbonyl (C=O) groups excluding carboxylic acids is 2. The van der Waals surface area contributed by atoms with E-state index in [0.29, 0.717) is 70.9 Å². The SMILES string of the molecule is COc1cc2ncnc(Nc3ccc(F)c(C)c3)c2cc1OC1CCC(N2CCNC(=O)C2)CC1.COc1cc2ncnc(Nc3ccc(F)c(C)c3)c2cc1OC1CCC(N2CCNC(=O)C2)CC1. The van der Waals surface area contributed by atoms with Gasteiger partial charge in [-0.15, -0.1) is 0 Å². The van der Waals surface area contributed by atoms with Crippen LogP contribution in [0, 0.1) is 25.5 Å². The molecule has 70 heavy (non-hydrogen) atoms. The van der Waals surface area contributed by atoms with E-state index in [1.165, 1.54) is 24.8 Å². The molecule has 0 unspecified atom stereocenters. The zero-order valence-corrected chi connectivity index (χ0v) is 40.0. The van der Waals surface area contributed by atoms with E-state index < -0.39 is 0 Å². The summed E-state index contributed by atoms with van der Waals surface area (Å²) in [7, 11) is 3.24. The highest BCUT2D eigenvalue weighted by atomic mass is 19.1. The summed E-state index contributed by atoms with van der Waals surface area (Å²) in [6, 6.07) is 18.1. The zero-order valence-electron chi connectivity index (χ0n) is 40.0. The minimum Gasteiger partial charge on any atom is -0.493 e. The Kier molecular flexibility index (Phi) is 15.0. The number of nitrogens with zero attached hydrogens (tertiary/aromatic N) is 6. The highest BCUT2D eigenvalue weighted by Crippen LogP contribution is 2.39. The Morgan fingerprint density at radius 1 is 0.557 bits per heavy atom. The van der Waals surface area contributed by atoms with Crippen LogP contribution in [-0.4, -0.2) is 119 Å². The fraction of sp³-hybridized carbons (Fsp3) is 0.423. The van der Waals surface area contributed by atoms with Gasteiger partial charge in [0.25, 0.3) is 0 Å². The smallest absolute Gasteiger partial charge is 0.234 e. The number of benzene rings is 4. The number of nitrogens with one attached hydrogen (secondary N) is 4. The maximum absolute atomic E-state index is 13.7. The molecule has 6 aromatic rings. The molecule has 2 aliphatic heterocycles. The van der Waals surface area contributed by atoms with Crippen LogP contribution in [0.15, 0.2) is 73.3 Å². The normalized spacial score (nSPS) is 20.9. The molecule has 2 saturated carbocycles. The fourth-order valence-corrected chi connectivity index (χ4v) is 9.90. The number of amides is 2. The van der Waals surface area contributed by atoms with Gasteiger partial charge in [0.1, 0.15) is 35.9 Å². The van der Waals surface area contributed by atoms with Crippen LogP contribution in [0.25, 0.3) is 21.8 Å². The predicted molar refractivity (Wildman–Crippen MR) is 264 cm³/mol. The lowest BCUT2D eigenvalue weighted by atomic mass is 9.91. The molecular formula is C52H60F2N10O6. The van der Waals surface area contributed by atoms with Gasteiger partial charge < -0.3 is 40.2 Å². The number of piperazine rings is 2. The van der Waals surface area contributed by atoms with E-state index >= 15 is 0 Å². The molecule has 2 amide bonds. The molecule has 10 rings (SSSR count). The van der Waals surface area contributed by atoms with Crippen LogP contribution in [0.5, 0.6) is 23.0 Å². The highest BCUT2D eigenvalue weighted by Gasteiger charge is 2.32. The summed E-state index contributed by atoms with van der Waals surface area (Å²) in [4.78, 5) is 45.7. The van der Waals surface area contributed by atoms with Crippen molar-refractivity contribution in [1.29, 1.82) is 0 Å². The Morgan fingerprint density at radius 2 is 0.971 bits per heavy atom. The first-order valence-corrected chi connectivity index (χ1v) is 24.1. The topological polar surface area (TPSA) is 177 Å². The number of hydrogen-bond donors (Lipinski definition) is 4. The Hall–Kier alpha value is -6.92. The van der Waals surface area contributed by atoms with Gasteiger partial charge in [0.2, 0.25) is 11.8 Å². The molecule has 0 atom stereocenters. The maximum Gasteiger partial charge on any atom is 0.234 e. The predicted octanol–water partition coefficient (Wildman–Crippen LogP) is 7.90. The maximum atomic E-state index is 13.7. The lowest BCUT2D eigenvalue weighted by molar-refractivity contribution is -0.126. The first kappa shape index (κ1) is 48.1. The Morgan fingerprint density at radius 3 is 1.34 bits per heavy atom. The molecule has 4 N–H and O–H groups in total. The monoisotopic (exact) mass is 958 g/mol. The number of carbonyl (C=O) groups is 2. The quantitative estimate of drug-likeness (QED) is 0.0931. The number of hydrogen-bond acceptors (Lipinski definition) is 14. The van der Waals surface area contributed by atoms with Crippen molar-refractivity contribution in [2.75, 3.05) is 64.1 Å². The second-order valence-corrected chi connectivity index (χ2v) is 18.4. The van der Waals surface area contributed by atoms with Crippen molar-refractivity contribution in [2.45, 2.75) is 89.5 Å². The molecule has 18 heteroatoms. The number of ether oxygens (including phenoxy) is 4. The van der Waals surface area contributed by atoms with E-state index in [0.717, 1.165) is 111 Å². The summed E-state index contributed by atoms with van der Waals surface area (Å²) < 4.78 is 51.5. The third-order valence-electron chi connectivity index (χ3n) is 13.7. The Bertz CT molecular complexity index is 2650. The molecule has 2 saturated heterocycles. The number of halogens is 2. The second kappa shape index (κ2) is 21.8. The minimum absolute atomic E-state index is 0.0667. The van der Waals surface area contributed by atoms with Gasteiger partial charge in [-0.1, -0.05) is 0 Å². The number of rotatable bonds is 12. The number of fused-ring (bicyclic) bond motifs is 2. The van der Waals surface area contributed by atoms with E-state index in [4.69, 9.17) is 18.9 Å². The van der Waals surface area contributed by atoms with Crippen LogP contribution in [0.4, 0.5) is 31.8 Å². The van der Waals surface area contributed by atoms with E-state index in [-0.39, 0.29) is 35.7 Å². The molecule has 4 aliphatic rings. The van der Waals surface area contributed by atoms with Gasteiger partial charge in [-0.25, -0.2) is 28.7 Å². The zero-order chi connectivity index (χ0) is 48.7. The summed E-state index contributed by atoms with van der Waals surface area (Å²) in [6.45, 7) is 7.68. The molecule has 2 aliphatic carbocycles. The first-order valence-electron chi connectivity index (χ1n) is 24.1. The van der Waals surface area contributed by atoms with Crippen LogP contribution >= 0.6 is 0 Å². The van der Waals surface area contributed by atoms with Crippen LogP contribution < -0.4 is 40.2 Å². The van der Waals surface area contributed by atoms with Gasteiger partial charge in [-0.2, -0.15) is 0 Å². The molecule has 4 aromatic carbocycles. The number of methoxy groups -OCH3 is 2. The standard InChI is InChI=1S/2C26H30FN5O3/c2*1-16-11-17(3-8-21(16)27)31-26-20-12-24(23(34-2)13-22(20)29-15-30-26)35-19-6-4-18(5-7-19)32-10-9-28-25(33)14-32/h2*3,8,11-13,15,18-19H,4-7,9-10,14H2,1-2H3,(H,28,33)(H,29,30,31). The van der Waals surface area contributed by atoms with E-state index in [2.05, 4.69) is 51.0 Å². The van der Waals surface area contributed by atoms with E-state index in [1.807, 2.05) is 24.3 Å². The lowest BCUT2D eigenvalue weighted by Crippen LogP contribution is -2.52. The highest BCUT2D eigenvalue weighted by molar-refractivity contribution is 5.94. The molecule has 0 bridgehead atoms. The van der Waals surface area contributed by atoms with Crippen molar-refractivity contribution in [3.8, 4) is 23.0 Å². The average molecular weight is 959 g/mol. The van der Waals surface area contributed by atoms with Gasteiger partial charge >= 0.3 is 0 Å². The lowest BCUT2D eigenvalue weighted by Gasteiger charge is -2.38. The van der Waals surface area contributed by atoms with Crippen molar-refractivity contribution >= 4 is 56.6 Å². The third kappa shape index (κ3) is 11.4. The molecule has 4 fully saturated rings. The molecule has 2 aromatic heterocycles. The van der Waals surface area contributed by atoms with Crippen molar-refractivity contribution in [2.24, 2.45) is 0 Å².